The van der Waals surface area contributed by atoms with Crippen molar-refractivity contribution >= 4 is 27.5 Å². The highest BCUT2D eigenvalue weighted by atomic mass is 16.1. The van der Waals surface area contributed by atoms with Gasteiger partial charge < -0.3 is 0 Å². The van der Waals surface area contributed by atoms with Crippen LogP contribution in [0.5, 0.6) is 0 Å². The molecule has 0 saturated heterocycles. The van der Waals surface area contributed by atoms with E-state index >= 15 is 0 Å². The summed E-state index contributed by atoms with van der Waals surface area (Å²) in [5.41, 5.74) is 3.54. The van der Waals surface area contributed by atoms with Gasteiger partial charge in [-0.2, -0.15) is 5.26 Å². The van der Waals surface area contributed by atoms with Gasteiger partial charge in [0.25, 0.3) is 0 Å². The van der Waals surface area contributed by atoms with Gasteiger partial charge in [-0.3, -0.25) is 9.78 Å². The van der Waals surface area contributed by atoms with E-state index in [-0.39, 0.29) is 10.8 Å². The summed E-state index contributed by atoms with van der Waals surface area (Å²) in [6, 6.07) is 12.3. The van der Waals surface area contributed by atoms with E-state index in [0.29, 0.717) is 11.3 Å². The predicted octanol–water partition coefficient (Wildman–Crippen LogP) is 5.47. The van der Waals surface area contributed by atoms with Crippen LogP contribution in [-0.4, -0.2) is 10.8 Å². The topological polar surface area (TPSA) is 53.8 Å². The van der Waals surface area contributed by atoms with Gasteiger partial charge in [-0.15, -0.1) is 0 Å². The van der Waals surface area contributed by atoms with E-state index < -0.39 is 0 Å². The summed E-state index contributed by atoms with van der Waals surface area (Å²) in [6.45, 7) is 0. The maximum Gasteiger partial charge on any atom is 0.153 e. The number of fused-ring (bicyclic) bond motifs is 7. The first-order chi connectivity index (χ1) is 13.7. The zero-order chi connectivity index (χ0) is 18.9. The van der Waals surface area contributed by atoms with E-state index in [1.165, 1.54) is 11.1 Å². The number of nitriles is 1. The molecule has 1 aromatic heterocycles. The molecular weight excluding hydrogens is 344 g/mol. The minimum atomic E-state index is -0.304. The molecule has 0 N–H and O–H groups in total. The quantitative estimate of drug-likeness (QED) is 0.496. The normalized spacial score (nSPS) is 21.8. The van der Waals surface area contributed by atoms with E-state index in [2.05, 4.69) is 24.3 Å². The maximum atomic E-state index is 13.9. The fraction of sp³-hybridized carbons (Fsp3) is 0.400. The van der Waals surface area contributed by atoms with Crippen molar-refractivity contribution in [1.29, 1.82) is 5.26 Å². The molecule has 2 aromatic carbocycles. The van der Waals surface area contributed by atoms with E-state index in [0.717, 1.165) is 73.0 Å². The third-order valence-electron chi connectivity index (χ3n) is 7.79. The number of Topliss-reactive ketones (excluding diaryl/α,β-unsaturated/α-hetero) is 1. The second-order valence-corrected chi connectivity index (χ2v) is 8.93. The van der Waals surface area contributed by atoms with Gasteiger partial charge in [-0.1, -0.05) is 49.9 Å². The van der Waals surface area contributed by atoms with Gasteiger partial charge in [0.2, 0.25) is 0 Å². The minimum absolute atomic E-state index is 0.287. The molecule has 0 unspecified atom stereocenters. The van der Waals surface area contributed by atoms with Crippen molar-refractivity contribution in [2.24, 2.45) is 0 Å². The second-order valence-electron chi connectivity index (χ2n) is 8.93. The molecule has 6 rings (SSSR count). The van der Waals surface area contributed by atoms with Crippen LogP contribution in [0.2, 0.25) is 0 Å². The number of nitrogens with zero attached hydrogens (tertiary/aromatic N) is 2. The number of benzene rings is 2. The molecule has 2 saturated carbocycles. The SMILES string of the molecule is N#Cc1cccc2c1ccc1c3c(cnc12)C1(CCCC1)C(=O)C31CCCC1. The molecule has 28 heavy (non-hydrogen) atoms. The Bertz CT molecular complexity index is 1200. The first kappa shape index (κ1) is 16.2. The lowest BCUT2D eigenvalue weighted by Crippen LogP contribution is -2.38. The Kier molecular flexibility index (Phi) is 3.14. The average molecular weight is 366 g/mol. The molecule has 3 aromatic rings. The van der Waals surface area contributed by atoms with Crippen molar-refractivity contribution in [2.45, 2.75) is 62.2 Å². The van der Waals surface area contributed by atoms with Gasteiger partial charge in [-0.25, -0.2) is 0 Å². The van der Waals surface area contributed by atoms with Crippen molar-refractivity contribution in [2.75, 3.05) is 0 Å². The monoisotopic (exact) mass is 366 g/mol. The summed E-state index contributed by atoms with van der Waals surface area (Å²) < 4.78 is 0. The number of ketones is 1. The number of carbonyl (C=O) groups excluding carboxylic acids is 1. The van der Waals surface area contributed by atoms with Crippen molar-refractivity contribution in [1.82, 2.24) is 4.98 Å². The second kappa shape index (κ2) is 5.41. The molecule has 138 valence electrons. The van der Waals surface area contributed by atoms with Crippen LogP contribution in [0.3, 0.4) is 0 Å². The van der Waals surface area contributed by atoms with Gasteiger partial charge >= 0.3 is 0 Å². The molecule has 2 fully saturated rings. The van der Waals surface area contributed by atoms with E-state index in [4.69, 9.17) is 4.98 Å². The van der Waals surface area contributed by atoms with Crippen LogP contribution in [0, 0.1) is 11.3 Å². The number of aromatic nitrogens is 1. The minimum Gasteiger partial charge on any atom is -0.298 e. The van der Waals surface area contributed by atoms with Gasteiger partial charge in [0.05, 0.1) is 28.0 Å². The smallest absolute Gasteiger partial charge is 0.153 e. The molecule has 3 aliphatic rings. The Morgan fingerprint density at radius 1 is 0.857 bits per heavy atom. The third-order valence-corrected chi connectivity index (χ3v) is 7.79. The highest BCUT2D eigenvalue weighted by Gasteiger charge is 2.61. The van der Waals surface area contributed by atoms with Crippen LogP contribution in [0.25, 0.3) is 21.7 Å². The van der Waals surface area contributed by atoms with Crippen molar-refractivity contribution in [3.63, 3.8) is 0 Å². The Hall–Kier alpha value is -2.73. The van der Waals surface area contributed by atoms with Crippen molar-refractivity contribution in [3.8, 4) is 6.07 Å². The van der Waals surface area contributed by atoms with Crippen LogP contribution < -0.4 is 0 Å². The van der Waals surface area contributed by atoms with E-state index in [1.54, 1.807) is 0 Å². The Morgan fingerprint density at radius 3 is 2.25 bits per heavy atom. The van der Waals surface area contributed by atoms with Gasteiger partial charge in [0.15, 0.2) is 5.78 Å². The Morgan fingerprint density at radius 2 is 1.54 bits per heavy atom. The fourth-order valence-corrected chi connectivity index (χ4v) is 6.62. The molecule has 0 amide bonds. The molecule has 3 nitrogen and oxygen atoms in total. The van der Waals surface area contributed by atoms with Gasteiger partial charge in [-0.05, 0) is 42.9 Å². The number of carbonyl (C=O) groups is 1. The van der Waals surface area contributed by atoms with Crippen LogP contribution in [0.1, 0.15) is 68.1 Å². The number of rotatable bonds is 0. The number of hydrogen-bond donors (Lipinski definition) is 0. The fourth-order valence-electron chi connectivity index (χ4n) is 6.62. The predicted molar refractivity (Wildman–Crippen MR) is 109 cm³/mol. The molecule has 1 heterocycles. The summed E-state index contributed by atoms with van der Waals surface area (Å²) in [7, 11) is 0. The lowest BCUT2D eigenvalue weighted by Gasteiger charge is -2.27. The highest BCUT2D eigenvalue weighted by Crippen LogP contribution is 2.61. The standard InChI is InChI=1S/C25H22N2O/c26-14-16-6-5-7-18-17(16)8-9-19-21-20(15-27-22(18)19)24(10-1-2-11-24)23(28)25(21)12-3-4-13-25/h5-9,15H,1-4,10-13H2. The first-order valence-electron chi connectivity index (χ1n) is 10.5. The van der Waals surface area contributed by atoms with E-state index in [9.17, 15) is 10.1 Å². The molecule has 0 radical (unpaired) electrons. The van der Waals surface area contributed by atoms with Gasteiger partial charge in [0.1, 0.15) is 0 Å². The van der Waals surface area contributed by atoms with Crippen LogP contribution in [-0.2, 0) is 15.6 Å². The lowest BCUT2D eigenvalue weighted by atomic mass is 9.73. The Labute approximate surface area is 164 Å². The molecule has 3 aliphatic carbocycles. The van der Waals surface area contributed by atoms with Crippen LogP contribution >= 0.6 is 0 Å². The maximum absolute atomic E-state index is 13.9. The molecule has 0 atom stereocenters. The molecular formula is C25H22N2O. The average Bonchev–Trinajstić information content (AvgIpc) is 3.46. The summed E-state index contributed by atoms with van der Waals surface area (Å²) in [6.07, 6.45) is 10.5. The molecule has 0 bridgehead atoms. The lowest BCUT2D eigenvalue weighted by molar-refractivity contribution is -0.128. The summed E-state index contributed by atoms with van der Waals surface area (Å²) in [4.78, 5) is 18.9. The summed E-state index contributed by atoms with van der Waals surface area (Å²) >= 11 is 0. The summed E-state index contributed by atoms with van der Waals surface area (Å²) in [5, 5.41) is 12.6. The van der Waals surface area contributed by atoms with Crippen molar-refractivity contribution < 1.29 is 4.79 Å². The van der Waals surface area contributed by atoms with Crippen molar-refractivity contribution in [3.05, 3.63) is 53.2 Å². The zero-order valence-corrected chi connectivity index (χ0v) is 15.9. The highest BCUT2D eigenvalue weighted by molar-refractivity contribution is 6.13. The zero-order valence-electron chi connectivity index (χ0n) is 15.9. The van der Waals surface area contributed by atoms with Gasteiger partial charge in [0, 0.05) is 22.4 Å². The van der Waals surface area contributed by atoms with Crippen LogP contribution in [0.15, 0.2) is 36.5 Å². The third kappa shape index (κ3) is 1.75. The molecule has 3 heteroatoms. The van der Waals surface area contributed by atoms with E-state index in [1.807, 2.05) is 18.3 Å². The number of pyridine rings is 1. The first-order valence-corrected chi connectivity index (χ1v) is 10.5. The molecule has 0 aliphatic heterocycles. The number of hydrogen-bond acceptors (Lipinski definition) is 3. The largest absolute Gasteiger partial charge is 0.298 e. The summed E-state index contributed by atoms with van der Waals surface area (Å²) in [5.74, 6) is 0.491. The Balaban J connectivity index is 1.75. The molecule has 2 spiro atoms. The van der Waals surface area contributed by atoms with Crippen LogP contribution in [0.4, 0.5) is 0 Å².